The van der Waals surface area contributed by atoms with Gasteiger partial charge in [0, 0.05) is 18.3 Å². The minimum atomic E-state index is 0.133. The molecule has 2 aromatic carbocycles. The number of nitrogens with one attached hydrogen (secondary N) is 1. The van der Waals surface area contributed by atoms with Crippen molar-refractivity contribution in [3.8, 4) is 0 Å². The smallest absolute Gasteiger partial charge is 0.183 e. The van der Waals surface area contributed by atoms with Crippen LogP contribution < -0.4 is 5.32 Å². The van der Waals surface area contributed by atoms with Crippen molar-refractivity contribution in [1.29, 1.82) is 0 Å². The maximum Gasteiger partial charge on any atom is 0.183 e. The summed E-state index contributed by atoms with van der Waals surface area (Å²) in [5.74, 6) is 0.133. The third-order valence-electron chi connectivity index (χ3n) is 4.29. The Morgan fingerprint density at radius 3 is 2.33 bits per heavy atom. The molecule has 0 spiro atoms. The summed E-state index contributed by atoms with van der Waals surface area (Å²) in [6, 6.07) is 20.3. The minimum absolute atomic E-state index is 0.133. The van der Waals surface area contributed by atoms with Crippen LogP contribution in [0.15, 0.2) is 78.4 Å². The van der Waals surface area contributed by atoms with E-state index in [0.717, 1.165) is 36.1 Å². The van der Waals surface area contributed by atoms with E-state index in [0.29, 0.717) is 6.54 Å². The molecule has 0 heterocycles. The van der Waals surface area contributed by atoms with Gasteiger partial charge in [0.1, 0.15) is 0 Å². The highest BCUT2D eigenvalue weighted by Gasteiger charge is 2.12. The van der Waals surface area contributed by atoms with Crippen molar-refractivity contribution >= 4 is 11.5 Å². The summed E-state index contributed by atoms with van der Waals surface area (Å²) in [5.41, 5.74) is 4.08. The summed E-state index contributed by atoms with van der Waals surface area (Å²) in [6.45, 7) is 0.702. The summed E-state index contributed by atoms with van der Waals surface area (Å²) in [7, 11) is 0. The highest BCUT2D eigenvalue weighted by atomic mass is 16.1. The minimum Gasteiger partial charge on any atom is -0.380 e. The number of benzene rings is 2. The zero-order valence-corrected chi connectivity index (χ0v) is 13.9. The fraction of sp³-hybridized carbons (Fsp3) is 0.227. The molecule has 2 heteroatoms. The Kier molecular flexibility index (Phi) is 5.62. The summed E-state index contributed by atoms with van der Waals surface area (Å²) in [5, 5.41) is 3.44. The first-order chi connectivity index (χ1) is 11.8. The molecule has 2 aromatic rings. The number of hydrogen-bond acceptors (Lipinski definition) is 2. The van der Waals surface area contributed by atoms with Gasteiger partial charge in [-0.15, -0.1) is 0 Å². The van der Waals surface area contributed by atoms with Gasteiger partial charge in [-0.2, -0.15) is 0 Å². The Morgan fingerprint density at radius 1 is 0.958 bits per heavy atom. The van der Waals surface area contributed by atoms with E-state index in [1.807, 2.05) is 48.5 Å². The maximum atomic E-state index is 12.6. The molecule has 3 rings (SSSR count). The van der Waals surface area contributed by atoms with Crippen molar-refractivity contribution in [1.82, 2.24) is 5.32 Å². The second-order valence-electron chi connectivity index (χ2n) is 6.10. The molecule has 2 nitrogen and oxygen atoms in total. The van der Waals surface area contributed by atoms with Gasteiger partial charge in [0.2, 0.25) is 0 Å². The number of hydrogen-bond donors (Lipinski definition) is 1. The van der Waals surface area contributed by atoms with Crippen molar-refractivity contribution < 1.29 is 4.79 Å². The van der Waals surface area contributed by atoms with Gasteiger partial charge in [0.05, 0.1) is 0 Å². The standard InChI is InChI=1S/C22H23NO/c24-22(20-14-8-3-9-15-20)16-21(19-12-6-2-7-13-19)23-17-18-10-4-1-5-11-18/h1-2,4-7,10-14,16,23H,3,8-9,15,17H2/b21-16-. The van der Waals surface area contributed by atoms with Crippen molar-refractivity contribution in [2.75, 3.05) is 0 Å². The van der Waals surface area contributed by atoms with Crippen LogP contribution in [0.5, 0.6) is 0 Å². The van der Waals surface area contributed by atoms with E-state index in [4.69, 9.17) is 0 Å². The van der Waals surface area contributed by atoms with Crippen molar-refractivity contribution in [3.05, 3.63) is 89.5 Å². The molecule has 0 atom stereocenters. The van der Waals surface area contributed by atoms with Crippen LogP contribution in [0, 0.1) is 0 Å². The van der Waals surface area contributed by atoms with Crippen LogP contribution in [-0.4, -0.2) is 5.78 Å². The molecule has 24 heavy (non-hydrogen) atoms. The lowest BCUT2D eigenvalue weighted by atomic mass is 9.95. The molecule has 0 radical (unpaired) electrons. The van der Waals surface area contributed by atoms with Crippen LogP contribution in [0.2, 0.25) is 0 Å². The number of carbonyl (C=O) groups excluding carboxylic acids is 1. The lowest BCUT2D eigenvalue weighted by Crippen LogP contribution is -2.14. The molecular weight excluding hydrogens is 294 g/mol. The van der Waals surface area contributed by atoms with Crippen LogP contribution in [0.1, 0.15) is 36.8 Å². The molecule has 1 aliphatic rings. The first kappa shape index (κ1) is 16.3. The SMILES string of the molecule is O=C(/C=C(\NCc1ccccc1)c1ccccc1)C1=CCCCC1. The van der Waals surface area contributed by atoms with Crippen LogP contribution in [0.4, 0.5) is 0 Å². The molecular formula is C22H23NO. The summed E-state index contributed by atoms with van der Waals surface area (Å²) >= 11 is 0. The maximum absolute atomic E-state index is 12.6. The number of rotatable bonds is 6. The van der Waals surface area contributed by atoms with Crippen LogP contribution in [-0.2, 0) is 11.3 Å². The zero-order valence-electron chi connectivity index (χ0n) is 13.9. The van der Waals surface area contributed by atoms with Crippen molar-refractivity contribution in [2.24, 2.45) is 0 Å². The van der Waals surface area contributed by atoms with E-state index < -0.39 is 0 Å². The lowest BCUT2D eigenvalue weighted by Gasteiger charge is -2.14. The van der Waals surface area contributed by atoms with Crippen molar-refractivity contribution in [2.45, 2.75) is 32.2 Å². The topological polar surface area (TPSA) is 29.1 Å². The molecule has 0 saturated carbocycles. The van der Waals surface area contributed by atoms with E-state index in [2.05, 4.69) is 23.5 Å². The van der Waals surface area contributed by atoms with Gasteiger partial charge in [0.25, 0.3) is 0 Å². The highest BCUT2D eigenvalue weighted by molar-refractivity contribution is 6.07. The largest absolute Gasteiger partial charge is 0.380 e. The predicted octanol–water partition coefficient (Wildman–Crippen LogP) is 4.89. The van der Waals surface area contributed by atoms with Gasteiger partial charge < -0.3 is 5.32 Å². The van der Waals surface area contributed by atoms with E-state index in [9.17, 15) is 4.79 Å². The van der Waals surface area contributed by atoms with Crippen LogP contribution in [0.3, 0.4) is 0 Å². The first-order valence-corrected chi connectivity index (χ1v) is 8.61. The summed E-state index contributed by atoms with van der Waals surface area (Å²) in [6.07, 6.45) is 8.09. The van der Waals surface area contributed by atoms with Gasteiger partial charge in [-0.25, -0.2) is 0 Å². The summed E-state index contributed by atoms with van der Waals surface area (Å²) in [4.78, 5) is 12.6. The molecule has 0 bridgehead atoms. The Hall–Kier alpha value is -2.61. The Balaban J connectivity index is 1.80. The molecule has 0 unspecified atom stereocenters. The van der Waals surface area contributed by atoms with Gasteiger partial charge >= 0.3 is 0 Å². The lowest BCUT2D eigenvalue weighted by molar-refractivity contribution is -0.111. The molecule has 0 saturated heterocycles. The molecule has 1 aliphatic carbocycles. The average molecular weight is 317 g/mol. The van der Waals surface area contributed by atoms with E-state index in [1.165, 1.54) is 12.0 Å². The Morgan fingerprint density at radius 2 is 1.67 bits per heavy atom. The van der Waals surface area contributed by atoms with E-state index >= 15 is 0 Å². The van der Waals surface area contributed by atoms with E-state index in [-0.39, 0.29) is 5.78 Å². The number of allylic oxidation sites excluding steroid dienone is 3. The highest BCUT2D eigenvalue weighted by Crippen LogP contribution is 2.20. The molecule has 0 amide bonds. The third-order valence-corrected chi connectivity index (χ3v) is 4.29. The second-order valence-corrected chi connectivity index (χ2v) is 6.10. The van der Waals surface area contributed by atoms with Crippen LogP contribution in [0.25, 0.3) is 5.70 Å². The number of carbonyl (C=O) groups is 1. The Labute approximate surface area is 143 Å². The van der Waals surface area contributed by atoms with Gasteiger partial charge in [-0.3, -0.25) is 4.79 Å². The Bertz CT molecular complexity index is 729. The second kappa shape index (κ2) is 8.30. The number of ketones is 1. The van der Waals surface area contributed by atoms with E-state index in [1.54, 1.807) is 6.08 Å². The molecule has 0 aromatic heterocycles. The third kappa shape index (κ3) is 4.45. The summed E-state index contributed by atoms with van der Waals surface area (Å²) < 4.78 is 0. The van der Waals surface area contributed by atoms with Gasteiger partial charge in [0.15, 0.2) is 5.78 Å². The van der Waals surface area contributed by atoms with Gasteiger partial charge in [-0.1, -0.05) is 66.7 Å². The van der Waals surface area contributed by atoms with Crippen molar-refractivity contribution in [3.63, 3.8) is 0 Å². The predicted molar refractivity (Wildman–Crippen MR) is 99.3 cm³/mol. The monoisotopic (exact) mass is 317 g/mol. The fourth-order valence-electron chi connectivity index (χ4n) is 2.93. The fourth-order valence-corrected chi connectivity index (χ4v) is 2.93. The first-order valence-electron chi connectivity index (χ1n) is 8.61. The molecule has 0 aliphatic heterocycles. The zero-order chi connectivity index (χ0) is 16.6. The quantitative estimate of drug-likeness (QED) is 0.769. The van der Waals surface area contributed by atoms with Gasteiger partial charge in [-0.05, 0) is 42.4 Å². The normalized spacial score (nSPS) is 14.8. The van der Waals surface area contributed by atoms with Crippen LogP contribution >= 0.6 is 0 Å². The molecule has 0 fully saturated rings. The molecule has 122 valence electrons. The molecule has 1 N–H and O–H groups in total. The average Bonchev–Trinajstić information content (AvgIpc) is 2.67.